The second-order valence-corrected chi connectivity index (χ2v) is 9.08. The van der Waals surface area contributed by atoms with Crippen molar-refractivity contribution in [2.24, 2.45) is 0 Å². The highest BCUT2D eigenvalue weighted by Crippen LogP contribution is 2.36. The Bertz CT molecular complexity index is 2260. The molecule has 7 aromatic rings. The van der Waals surface area contributed by atoms with Crippen molar-refractivity contribution in [3.8, 4) is 51.4 Å². The fourth-order valence-corrected chi connectivity index (χ4v) is 4.71. The first-order valence-corrected chi connectivity index (χ1v) is 12.5. The van der Waals surface area contributed by atoms with E-state index in [0.717, 1.165) is 21.9 Å². The fourth-order valence-electron chi connectivity index (χ4n) is 4.71. The highest BCUT2D eigenvalue weighted by atomic mass is 19.1. The number of nitrogens with zero attached hydrogens (tertiary/aromatic N) is 4. The maximum Gasteiger partial charge on any atom is 0.167 e. The number of halogens is 1. The molecule has 0 aliphatic rings. The summed E-state index contributed by atoms with van der Waals surface area (Å²) in [5.41, 5.74) is 3.44. The van der Waals surface area contributed by atoms with Gasteiger partial charge >= 0.3 is 0 Å². The minimum atomic E-state index is -1.22. The van der Waals surface area contributed by atoms with Gasteiger partial charge in [-0.05, 0) is 47.5 Å². The van der Waals surface area contributed by atoms with Crippen LogP contribution in [0.4, 0.5) is 4.39 Å². The second kappa shape index (κ2) is 9.57. The van der Waals surface area contributed by atoms with Crippen LogP contribution in [0.15, 0.2) is 120 Å². The molecule has 0 N–H and O–H groups in total. The summed E-state index contributed by atoms with van der Waals surface area (Å²) in [5.74, 6) is -0.918. The van der Waals surface area contributed by atoms with Crippen LogP contribution in [0, 0.1) is 17.1 Å². The van der Waals surface area contributed by atoms with Crippen molar-refractivity contribution in [1.82, 2.24) is 15.0 Å². The van der Waals surface area contributed by atoms with Crippen LogP contribution < -0.4 is 0 Å². The van der Waals surface area contributed by atoms with Gasteiger partial charge in [0.15, 0.2) is 17.5 Å². The maximum atomic E-state index is 14.7. The standard InChI is InChI=1S/C34H19FN4O/c35-29-17-16-24(19-25(29)20-36)33-37-32(23-11-6-10-22(18-23)21-8-2-1-3-9-21)38-34(39-33)28-14-7-13-27-26-12-4-5-15-30(26)40-31(27)28/h1-19H/i16D,17D,19D. The van der Waals surface area contributed by atoms with Gasteiger partial charge in [0.25, 0.3) is 0 Å². The van der Waals surface area contributed by atoms with Gasteiger partial charge in [-0.1, -0.05) is 78.9 Å². The molecule has 5 aromatic carbocycles. The lowest BCUT2D eigenvalue weighted by Gasteiger charge is -2.10. The number of aromatic nitrogens is 3. The van der Waals surface area contributed by atoms with E-state index in [1.165, 1.54) is 0 Å². The third kappa shape index (κ3) is 4.07. The van der Waals surface area contributed by atoms with E-state index in [1.807, 2.05) is 91.0 Å². The van der Waals surface area contributed by atoms with E-state index in [4.69, 9.17) is 13.5 Å². The van der Waals surface area contributed by atoms with E-state index in [9.17, 15) is 9.65 Å². The lowest BCUT2D eigenvalue weighted by atomic mass is 10.0. The van der Waals surface area contributed by atoms with Crippen molar-refractivity contribution in [3.05, 3.63) is 127 Å². The molecule has 0 spiro atoms. The topological polar surface area (TPSA) is 75.6 Å². The molecule has 0 amide bonds. The molecular formula is C34H19FN4O. The molecular weight excluding hydrogens is 499 g/mol. The Morgan fingerprint density at radius 3 is 2.20 bits per heavy atom. The predicted octanol–water partition coefficient (Wildman–Crippen LogP) is 8.45. The summed E-state index contributed by atoms with van der Waals surface area (Å²) in [6.07, 6.45) is 0. The highest BCUT2D eigenvalue weighted by molar-refractivity contribution is 6.09. The molecule has 188 valence electrons. The predicted molar refractivity (Wildman–Crippen MR) is 154 cm³/mol. The first-order chi connectivity index (χ1) is 20.9. The molecule has 0 aliphatic carbocycles. The van der Waals surface area contributed by atoms with Crippen molar-refractivity contribution < 1.29 is 12.9 Å². The monoisotopic (exact) mass is 521 g/mol. The van der Waals surface area contributed by atoms with Crippen molar-refractivity contribution in [1.29, 1.82) is 5.26 Å². The Morgan fingerprint density at radius 1 is 0.675 bits per heavy atom. The molecule has 2 heterocycles. The summed E-state index contributed by atoms with van der Waals surface area (Å²) in [7, 11) is 0. The van der Waals surface area contributed by atoms with Gasteiger partial charge in [-0.3, -0.25) is 0 Å². The Kier molecular flexibility index (Phi) is 4.86. The van der Waals surface area contributed by atoms with Crippen molar-refractivity contribution in [3.63, 3.8) is 0 Å². The fraction of sp³-hybridized carbons (Fsp3) is 0. The third-order valence-corrected chi connectivity index (χ3v) is 6.61. The third-order valence-electron chi connectivity index (χ3n) is 6.61. The molecule has 0 atom stereocenters. The Morgan fingerprint density at radius 2 is 1.35 bits per heavy atom. The summed E-state index contributed by atoms with van der Waals surface area (Å²) in [5, 5.41) is 11.3. The van der Waals surface area contributed by atoms with Crippen LogP contribution in [-0.4, -0.2) is 15.0 Å². The molecule has 5 nitrogen and oxygen atoms in total. The average Bonchev–Trinajstić information content (AvgIpc) is 3.43. The molecule has 0 fully saturated rings. The van der Waals surface area contributed by atoms with Crippen molar-refractivity contribution >= 4 is 21.9 Å². The van der Waals surface area contributed by atoms with E-state index in [-0.39, 0.29) is 23.0 Å². The average molecular weight is 522 g/mol. The zero-order valence-electron chi connectivity index (χ0n) is 23.8. The summed E-state index contributed by atoms with van der Waals surface area (Å²) in [6, 6.07) is 30.3. The first kappa shape index (κ1) is 20.3. The normalized spacial score (nSPS) is 12.2. The number of hydrogen-bond acceptors (Lipinski definition) is 5. The number of fused-ring (bicyclic) bond motifs is 3. The Hall–Kier alpha value is -5.67. The quantitative estimate of drug-likeness (QED) is 0.232. The van der Waals surface area contributed by atoms with Gasteiger partial charge in [0, 0.05) is 21.9 Å². The zero-order chi connectivity index (χ0) is 29.7. The molecule has 6 heteroatoms. The van der Waals surface area contributed by atoms with Crippen LogP contribution in [0.5, 0.6) is 0 Å². The molecule has 40 heavy (non-hydrogen) atoms. The molecule has 0 unspecified atom stereocenters. The van der Waals surface area contributed by atoms with Crippen LogP contribution in [-0.2, 0) is 0 Å². The summed E-state index contributed by atoms with van der Waals surface area (Å²) < 4.78 is 46.1. The molecule has 0 saturated heterocycles. The molecule has 0 aliphatic heterocycles. The van der Waals surface area contributed by atoms with E-state index >= 15 is 0 Å². The van der Waals surface area contributed by atoms with Crippen LogP contribution in [0.25, 0.3) is 67.2 Å². The molecule has 7 rings (SSSR count). The number of furan rings is 1. The second-order valence-electron chi connectivity index (χ2n) is 9.08. The van der Waals surface area contributed by atoms with E-state index < -0.39 is 29.5 Å². The Balaban J connectivity index is 1.52. The van der Waals surface area contributed by atoms with Crippen molar-refractivity contribution in [2.45, 2.75) is 0 Å². The smallest absolute Gasteiger partial charge is 0.167 e. The molecule has 0 bridgehead atoms. The summed E-state index contributed by atoms with van der Waals surface area (Å²) in [6.45, 7) is 0. The number of rotatable bonds is 4. The van der Waals surface area contributed by atoms with Gasteiger partial charge in [-0.15, -0.1) is 0 Å². The lowest BCUT2D eigenvalue weighted by molar-refractivity contribution is 0.624. The highest BCUT2D eigenvalue weighted by Gasteiger charge is 2.18. The maximum absolute atomic E-state index is 14.7. The van der Waals surface area contributed by atoms with E-state index in [2.05, 4.69) is 9.97 Å². The van der Waals surface area contributed by atoms with Crippen LogP contribution in [0.3, 0.4) is 0 Å². The number of hydrogen-bond donors (Lipinski definition) is 0. The largest absolute Gasteiger partial charge is 0.455 e. The first-order valence-electron chi connectivity index (χ1n) is 14.0. The van der Waals surface area contributed by atoms with Gasteiger partial charge in [-0.2, -0.15) is 5.26 Å². The minimum absolute atomic E-state index is 0.127. The Labute approximate surface area is 233 Å². The van der Waals surface area contributed by atoms with Crippen LogP contribution in [0.1, 0.15) is 9.68 Å². The summed E-state index contributed by atoms with van der Waals surface area (Å²) >= 11 is 0. The number of benzene rings is 5. The van der Waals surface area contributed by atoms with E-state index in [0.29, 0.717) is 22.3 Å². The van der Waals surface area contributed by atoms with Gasteiger partial charge in [-0.25, -0.2) is 19.3 Å². The van der Waals surface area contributed by atoms with E-state index in [1.54, 1.807) is 12.1 Å². The molecule has 2 aromatic heterocycles. The minimum Gasteiger partial charge on any atom is -0.455 e. The SMILES string of the molecule is [2H]c1c([2H])c(-c2nc(-c3cccc(-c4ccccc4)c3)nc(-c3cccc4c3oc3ccccc34)n2)c([2H])c(C#N)c1F. The van der Waals surface area contributed by atoms with Gasteiger partial charge in [0.1, 0.15) is 23.1 Å². The van der Waals surface area contributed by atoms with Crippen LogP contribution in [0.2, 0.25) is 0 Å². The zero-order valence-corrected chi connectivity index (χ0v) is 20.8. The number of para-hydroxylation sites is 2. The van der Waals surface area contributed by atoms with Crippen LogP contribution >= 0.6 is 0 Å². The van der Waals surface area contributed by atoms with Gasteiger partial charge in [0.2, 0.25) is 0 Å². The molecule has 0 saturated carbocycles. The van der Waals surface area contributed by atoms with Gasteiger partial charge in [0.05, 0.1) is 15.2 Å². The molecule has 0 radical (unpaired) electrons. The van der Waals surface area contributed by atoms with Gasteiger partial charge < -0.3 is 4.42 Å². The summed E-state index contributed by atoms with van der Waals surface area (Å²) in [4.78, 5) is 14.1. The number of nitriles is 1. The van der Waals surface area contributed by atoms with Crippen molar-refractivity contribution in [2.75, 3.05) is 0 Å². The lowest BCUT2D eigenvalue weighted by Crippen LogP contribution is -2.01.